The first kappa shape index (κ1) is 10.6. The van der Waals surface area contributed by atoms with Crippen molar-refractivity contribution in [1.82, 2.24) is 9.88 Å². The highest BCUT2D eigenvalue weighted by Gasteiger charge is 2.05. The van der Waals surface area contributed by atoms with Crippen molar-refractivity contribution in [3.05, 3.63) is 16.3 Å². The standard InChI is InChI=1S/C8H9FN4S/c1-6(12-5-10)13(2)4-7-3-11-8(9)14-7/h3H,4H2,1-2H3/b12-6+. The zero-order valence-electron chi connectivity index (χ0n) is 7.86. The third-order valence-electron chi connectivity index (χ3n) is 1.68. The van der Waals surface area contributed by atoms with E-state index in [2.05, 4.69) is 9.98 Å². The Labute approximate surface area is 85.3 Å². The van der Waals surface area contributed by atoms with Gasteiger partial charge in [0, 0.05) is 18.1 Å². The van der Waals surface area contributed by atoms with E-state index in [0.717, 1.165) is 16.2 Å². The van der Waals surface area contributed by atoms with E-state index in [-0.39, 0.29) is 0 Å². The first-order chi connectivity index (χ1) is 6.63. The first-order valence-electron chi connectivity index (χ1n) is 3.88. The number of thiazole rings is 1. The number of aromatic nitrogens is 1. The average Bonchev–Trinajstić information content (AvgIpc) is 2.51. The van der Waals surface area contributed by atoms with E-state index in [4.69, 9.17) is 5.26 Å². The van der Waals surface area contributed by atoms with Crippen molar-refractivity contribution in [2.24, 2.45) is 4.99 Å². The molecule has 0 atom stereocenters. The fourth-order valence-electron chi connectivity index (χ4n) is 0.863. The Balaban J connectivity index is 2.62. The molecule has 1 rings (SSSR count). The summed E-state index contributed by atoms with van der Waals surface area (Å²) in [5, 5.41) is 7.88. The van der Waals surface area contributed by atoms with Crippen molar-refractivity contribution in [2.75, 3.05) is 7.05 Å². The van der Waals surface area contributed by atoms with Crippen molar-refractivity contribution in [3.63, 3.8) is 0 Å². The van der Waals surface area contributed by atoms with E-state index < -0.39 is 5.26 Å². The summed E-state index contributed by atoms with van der Waals surface area (Å²) in [5.41, 5.74) is 0. The summed E-state index contributed by atoms with van der Waals surface area (Å²) in [5.74, 6) is 0.598. The van der Waals surface area contributed by atoms with Gasteiger partial charge in [-0.15, -0.1) is 0 Å². The van der Waals surface area contributed by atoms with Gasteiger partial charge in [-0.05, 0) is 6.92 Å². The zero-order valence-corrected chi connectivity index (χ0v) is 8.68. The Hall–Kier alpha value is -1.48. The molecule has 0 radical (unpaired) electrons. The summed E-state index contributed by atoms with van der Waals surface area (Å²) in [6.07, 6.45) is 3.18. The van der Waals surface area contributed by atoms with Gasteiger partial charge in [0.1, 0.15) is 5.84 Å². The van der Waals surface area contributed by atoms with Crippen LogP contribution in [0.3, 0.4) is 0 Å². The number of rotatable bonds is 2. The fraction of sp³-hybridized carbons (Fsp3) is 0.375. The van der Waals surface area contributed by atoms with Crippen LogP contribution in [0.25, 0.3) is 0 Å². The highest BCUT2D eigenvalue weighted by molar-refractivity contribution is 7.09. The molecule has 6 heteroatoms. The molecule has 0 spiro atoms. The molecule has 0 aliphatic carbocycles. The zero-order chi connectivity index (χ0) is 10.6. The summed E-state index contributed by atoms with van der Waals surface area (Å²) in [4.78, 5) is 9.62. The molecule has 0 N–H and O–H groups in total. The molecule has 0 aliphatic rings. The Kier molecular flexibility index (Phi) is 3.54. The highest BCUT2D eigenvalue weighted by Crippen LogP contribution is 2.12. The second-order valence-corrected chi connectivity index (χ2v) is 3.76. The summed E-state index contributed by atoms with van der Waals surface area (Å²) in [7, 11) is 1.79. The molecular weight excluding hydrogens is 203 g/mol. The van der Waals surface area contributed by atoms with Crippen LogP contribution < -0.4 is 0 Å². The van der Waals surface area contributed by atoms with Gasteiger partial charge in [0.25, 0.3) is 5.26 Å². The maximum absolute atomic E-state index is 12.5. The Bertz CT molecular complexity index is 379. The van der Waals surface area contributed by atoms with Gasteiger partial charge in [-0.1, -0.05) is 11.3 Å². The molecule has 0 bridgehead atoms. The maximum Gasteiger partial charge on any atom is 0.269 e. The van der Waals surface area contributed by atoms with Crippen molar-refractivity contribution < 1.29 is 4.39 Å². The van der Waals surface area contributed by atoms with Crippen LogP contribution >= 0.6 is 11.3 Å². The van der Waals surface area contributed by atoms with E-state index in [9.17, 15) is 4.39 Å². The summed E-state index contributed by atoms with van der Waals surface area (Å²) >= 11 is 0.994. The third kappa shape index (κ3) is 2.78. The van der Waals surface area contributed by atoms with Gasteiger partial charge in [0.05, 0.1) is 6.54 Å². The lowest BCUT2D eigenvalue weighted by molar-refractivity contribution is 0.502. The molecule has 0 aromatic carbocycles. The Morgan fingerprint density at radius 2 is 2.57 bits per heavy atom. The monoisotopic (exact) mass is 212 g/mol. The van der Waals surface area contributed by atoms with Crippen LogP contribution in [-0.4, -0.2) is 22.8 Å². The minimum atomic E-state index is -0.441. The van der Waals surface area contributed by atoms with Crippen LogP contribution in [0.1, 0.15) is 11.8 Å². The van der Waals surface area contributed by atoms with E-state index >= 15 is 0 Å². The number of hydrogen-bond donors (Lipinski definition) is 0. The minimum Gasteiger partial charge on any atom is -0.357 e. The molecule has 14 heavy (non-hydrogen) atoms. The highest BCUT2D eigenvalue weighted by atomic mass is 32.1. The molecule has 0 fully saturated rings. The number of halogens is 1. The van der Waals surface area contributed by atoms with Crippen molar-refractivity contribution in [1.29, 1.82) is 5.26 Å². The lowest BCUT2D eigenvalue weighted by Gasteiger charge is -2.15. The summed E-state index contributed by atoms with van der Waals surface area (Å²) < 4.78 is 12.5. The van der Waals surface area contributed by atoms with Crippen LogP contribution in [0.2, 0.25) is 0 Å². The van der Waals surface area contributed by atoms with Crippen LogP contribution in [0.15, 0.2) is 11.2 Å². The lowest BCUT2D eigenvalue weighted by atomic mass is 10.4. The van der Waals surface area contributed by atoms with Crippen LogP contribution in [0, 0.1) is 16.7 Å². The molecule has 74 valence electrons. The van der Waals surface area contributed by atoms with Crippen LogP contribution in [-0.2, 0) is 6.54 Å². The van der Waals surface area contributed by atoms with E-state index in [1.165, 1.54) is 6.20 Å². The lowest BCUT2D eigenvalue weighted by Crippen LogP contribution is -2.22. The van der Waals surface area contributed by atoms with Crippen molar-refractivity contribution in [3.8, 4) is 6.19 Å². The molecule has 0 amide bonds. The van der Waals surface area contributed by atoms with E-state index in [1.807, 2.05) is 0 Å². The summed E-state index contributed by atoms with van der Waals surface area (Å²) in [6, 6.07) is 0. The molecule has 0 saturated carbocycles. The predicted octanol–water partition coefficient (Wildman–Crippen LogP) is 1.61. The van der Waals surface area contributed by atoms with Gasteiger partial charge in [0.15, 0.2) is 0 Å². The quantitative estimate of drug-likeness (QED) is 0.425. The summed E-state index contributed by atoms with van der Waals surface area (Å²) in [6.45, 7) is 2.24. The first-order valence-corrected chi connectivity index (χ1v) is 4.70. The Morgan fingerprint density at radius 3 is 3.07 bits per heavy atom. The average molecular weight is 212 g/mol. The SMILES string of the molecule is C/C(=N\C#N)N(C)Cc1cnc(F)s1. The predicted molar refractivity (Wildman–Crippen MR) is 52.3 cm³/mol. The second kappa shape index (κ2) is 4.67. The molecule has 1 aromatic heterocycles. The maximum atomic E-state index is 12.5. The number of amidine groups is 1. The molecule has 0 saturated heterocycles. The molecule has 4 nitrogen and oxygen atoms in total. The normalized spacial score (nSPS) is 11.1. The van der Waals surface area contributed by atoms with E-state index in [1.54, 1.807) is 25.1 Å². The largest absolute Gasteiger partial charge is 0.357 e. The minimum absolute atomic E-state index is 0.441. The van der Waals surface area contributed by atoms with Gasteiger partial charge in [-0.25, -0.2) is 4.98 Å². The topological polar surface area (TPSA) is 52.3 Å². The molecule has 0 aliphatic heterocycles. The number of hydrogen-bond acceptors (Lipinski definition) is 4. The Morgan fingerprint density at radius 1 is 1.86 bits per heavy atom. The van der Waals surface area contributed by atoms with Crippen LogP contribution in [0.5, 0.6) is 0 Å². The van der Waals surface area contributed by atoms with Gasteiger partial charge in [-0.2, -0.15) is 14.6 Å². The smallest absolute Gasteiger partial charge is 0.269 e. The van der Waals surface area contributed by atoms with Gasteiger partial charge in [-0.3, -0.25) is 0 Å². The second-order valence-electron chi connectivity index (χ2n) is 2.69. The number of aliphatic imine (C=N–C) groups is 1. The third-order valence-corrected chi connectivity index (χ3v) is 2.45. The fourth-order valence-corrected chi connectivity index (χ4v) is 1.55. The van der Waals surface area contributed by atoms with Crippen molar-refractivity contribution >= 4 is 17.2 Å². The van der Waals surface area contributed by atoms with Crippen LogP contribution in [0.4, 0.5) is 4.39 Å². The molecule has 0 unspecified atom stereocenters. The van der Waals surface area contributed by atoms with Gasteiger partial charge >= 0.3 is 0 Å². The molecular formula is C8H9FN4S. The molecule has 1 heterocycles. The number of nitriles is 1. The van der Waals surface area contributed by atoms with Crippen molar-refractivity contribution in [2.45, 2.75) is 13.5 Å². The van der Waals surface area contributed by atoms with E-state index in [0.29, 0.717) is 12.4 Å². The number of nitrogens with zero attached hydrogens (tertiary/aromatic N) is 4. The molecule has 1 aromatic rings. The van der Waals surface area contributed by atoms with Gasteiger partial charge < -0.3 is 4.90 Å². The van der Waals surface area contributed by atoms with Gasteiger partial charge in [0.2, 0.25) is 6.19 Å².